The monoisotopic (exact) mass is 388 g/mol. The number of nitro benzene ring substituents is 1. The molecule has 0 aliphatic heterocycles. The van der Waals surface area contributed by atoms with Gasteiger partial charge in [0.05, 0.1) is 18.6 Å². The third-order valence-electron chi connectivity index (χ3n) is 3.52. The van der Waals surface area contributed by atoms with Crippen LogP contribution in [0.15, 0.2) is 53.1 Å². The van der Waals surface area contributed by atoms with Crippen molar-refractivity contribution in [2.24, 2.45) is 0 Å². The van der Waals surface area contributed by atoms with Gasteiger partial charge in [0.2, 0.25) is 0 Å². The Bertz CT molecular complexity index is 860. The fourth-order valence-electron chi connectivity index (χ4n) is 2.22. The summed E-state index contributed by atoms with van der Waals surface area (Å²) in [5.74, 6) is 0.771. The molecule has 3 rings (SSSR count). The van der Waals surface area contributed by atoms with E-state index in [1.165, 1.54) is 12.1 Å². The summed E-state index contributed by atoms with van der Waals surface area (Å²) in [5, 5.41) is 19.0. The molecule has 0 amide bonds. The van der Waals surface area contributed by atoms with E-state index >= 15 is 0 Å². The molecule has 0 spiro atoms. The fraction of sp³-hybridized carbons (Fsp3) is 0.125. The molecule has 0 unspecified atom stereocenters. The van der Waals surface area contributed by atoms with E-state index in [0.717, 1.165) is 27.2 Å². The number of hydrogen-bond acceptors (Lipinski definition) is 5. The van der Waals surface area contributed by atoms with Gasteiger partial charge in [0.25, 0.3) is 5.69 Å². The van der Waals surface area contributed by atoms with Crippen molar-refractivity contribution in [3.63, 3.8) is 0 Å². The molecule has 0 atom stereocenters. The van der Waals surface area contributed by atoms with Crippen LogP contribution in [0.4, 0.5) is 5.69 Å². The normalized spacial score (nSPS) is 10.6. The zero-order valence-corrected chi connectivity index (χ0v) is 14.3. The van der Waals surface area contributed by atoms with Crippen LogP contribution in [0.25, 0.3) is 11.3 Å². The van der Waals surface area contributed by atoms with Crippen LogP contribution in [0.3, 0.4) is 0 Å². The molecule has 0 aliphatic carbocycles. The van der Waals surface area contributed by atoms with Crippen molar-refractivity contribution in [1.29, 1.82) is 0 Å². The molecule has 0 saturated carbocycles. The molecule has 7 nitrogen and oxygen atoms in total. The highest BCUT2D eigenvalue weighted by Gasteiger charge is 2.13. The Morgan fingerprint density at radius 1 is 1.17 bits per heavy atom. The topological polar surface area (TPSA) is 83.1 Å². The van der Waals surface area contributed by atoms with Crippen molar-refractivity contribution in [2.45, 2.75) is 6.54 Å². The van der Waals surface area contributed by atoms with Gasteiger partial charge in [-0.3, -0.25) is 10.1 Å². The van der Waals surface area contributed by atoms with Crippen molar-refractivity contribution in [1.82, 2.24) is 15.0 Å². The van der Waals surface area contributed by atoms with Crippen molar-refractivity contribution in [3.8, 4) is 17.0 Å². The number of halogens is 1. The number of nitrogens with zero attached hydrogens (tertiary/aromatic N) is 4. The average molecular weight is 389 g/mol. The zero-order chi connectivity index (χ0) is 17.1. The minimum Gasteiger partial charge on any atom is -0.497 e. The number of rotatable bonds is 5. The maximum atomic E-state index is 10.7. The molecule has 0 radical (unpaired) electrons. The van der Waals surface area contributed by atoms with Gasteiger partial charge >= 0.3 is 0 Å². The molecule has 1 aromatic heterocycles. The highest BCUT2D eigenvalue weighted by atomic mass is 79.9. The predicted octanol–water partition coefficient (Wildman–Crippen LogP) is 3.67. The summed E-state index contributed by atoms with van der Waals surface area (Å²) >= 11 is 3.52. The van der Waals surface area contributed by atoms with Gasteiger partial charge in [-0.25, -0.2) is 4.68 Å². The summed E-state index contributed by atoms with van der Waals surface area (Å²) in [6, 6.07) is 13.9. The lowest BCUT2D eigenvalue weighted by Gasteiger charge is -2.04. The molecule has 0 N–H and O–H groups in total. The second kappa shape index (κ2) is 6.79. The smallest absolute Gasteiger partial charge is 0.269 e. The summed E-state index contributed by atoms with van der Waals surface area (Å²) < 4.78 is 7.58. The van der Waals surface area contributed by atoms with Crippen LogP contribution in [0.2, 0.25) is 0 Å². The fourth-order valence-corrected chi connectivity index (χ4v) is 2.73. The number of methoxy groups -OCH3 is 1. The molecule has 8 heteroatoms. The molecule has 1 heterocycles. The predicted molar refractivity (Wildman–Crippen MR) is 91.9 cm³/mol. The lowest BCUT2D eigenvalue weighted by atomic mass is 10.1. The maximum absolute atomic E-state index is 10.7. The summed E-state index contributed by atoms with van der Waals surface area (Å²) in [4.78, 5) is 10.3. The Hall–Kier alpha value is -2.74. The SMILES string of the molecule is COc1ccc(-c2nnn(Cc3ccc([N+](=O)[O-])cc3)c2Br)cc1. The third kappa shape index (κ3) is 3.28. The van der Waals surface area contributed by atoms with Gasteiger partial charge < -0.3 is 4.74 Å². The van der Waals surface area contributed by atoms with Gasteiger partial charge in [-0.15, -0.1) is 5.10 Å². The first-order valence-corrected chi connectivity index (χ1v) is 7.84. The van der Waals surface area contributed by atoms with Crippen molar-refractivity contribution in [2.75, 3.05) is 7.11 Å². The van der Waals surface area contributed by atoms with Crippen LogP contribution >= 0.6 is 15.9 Å². The van der Waals surface area contributed by atoms with E-state index in [4.69, 9.17) is 4.74 Å². The first-order valence-electron chi connectivity index (χ1n) is 7.05. The number of benzene rings is 2. The van der Waals surface area contributed by atoms with Crippen molar-refractivity contribution in [3.05, 3.63) is 68.8 Å². The van der Waals surface area contributed by atoms with E-state index in [-0.39, 0.29) is 5.69 Å². The number of aromatic nitrogens is 3. The second-order valence-corrected chi connectivity index (χ2v) is 5.79. The summed E-state index contributed by atoms with van der Waals surface area (Å²) in [7, 11) is 1.62. The lowest BCUT2D eigenvalue weighted by molar-refractivity contribution is -0.384. The molecule has 122 valence electrons. The molecular weight excluding hydrogens is 376 g/mol. The highest BCUT2D eigenvalue weighted by Crippen LogP contribution is 2.27. The zero-order valence-electron chi connectivity index (χ0n) is 12.7. The first-order chi connectivity index (χ1) is 11.6. The van der Waals surface area contributed by atoms with Crippen LogP contribution in [0.1, 0.15) is 5.56 Å². The Kier molecular flexibility index (Phi) is 4.57. The third-order valence-corrected chi connectivity index (χ3v) is 4.30. The van der Waals surface area contributed by atoms with Crippen LogP contribution in [0.5, 0.6) is 5.75 Å². The van der Waals surface area contributed by atoms with Crippen molar-refractivity contribution < 1.29 is 9.66 Å². The van der Waals surface area contributed by atoms with E-state index in [2.05, 4.69) is 26.2 Å². The molecule has 0 saturated heterocycles. The van der Waals surface area contributed by atoms with E-state index in [1.807, 2.05) is 24.3 Å². The summed E-state index contributed by atoms with van der Waals surface area (Å²) in [5.41, 5.74) is 2.60. The average Bonchev–Trinajstić information content (AvgIpc) is 2.96. The molecule has 0 aliphatic rings. The van der Waals surface area contributed by atoms with Crippen molar-refractivity contribution >= 4 is 21.6 Å². The Labute approximate surface area is 146 Å². The number of hydrogen-bond donors (Lipinski definition) is 0. The first kappa shape index (κ1) is 16.1. The Morgan fingerprint density at radius 3 is 2.42 bits per heavy atom. The summed E-state index contributed by atoms with van der Waals surface area (Å²) in [6.45, 7) is 0.460. The van der Waals surface area contributed by atoms with E-state index in [0.29, 0.717) is 6.54 Å². The highest BCUT2D eigenvalue weighted by molar-refractivity contribution is 9.10. The number of ether oxygens (including phenoxy) is 1. The van der Waals surface area contributed by atoms with E-state index in [9.17, 15) is 10.1 Å². The maximum Gasteiger partial charge on any atom is 0.269 e. The van der Waals surface area contributed by atoms with Gasteiger partial charge in [0, 0.05) is 17.7 Å². The Morgan fingerprint density at radius 2 is 1.83 bits per heavy atom. The van der Waals surface area contributed by atoms with Crippen LogP contribution in [-0.4, -0.2) is 27.0 Å². The lowest BCUT2D eigenvalue weighted by Crippen LogP contribution is -2.02. The van der Waals surface area contributed by atoms with Gasteiger partial charge in [0.15, 0.2) is 0 Å². The number of nitro groups is 1. The second-order valence-electron chi connectivity index (χ2n) is 5.04. The molecular formula is C16H13BrN4O3. The van der Waals surface area contributed by atoms with Gasteiger partial charge in [0.1, 0.15) is 16.0 Å². The molecule has 3 aromatic rings. The van der Waals surface area contributed by atoms with Crippen LogP contribution in [0, 0.1) is 10.1 Å². The van der Waals surface area contributed by atoms with Crippen LogP contribution in [-0.2, 0) is 6.54 Å². The molecule has 2 aromatic carbocycles. The number of non-ortho nitro benzene ring substituents is 1. The van der Waals surface area contributed by atoms with Gasteiger partial charge in [-0.05, 0) is 45.8 Å². The minimum atomic E-state index is -0.420. The molecule has 24 heavy (non-hydrogen) atoms. The standard InChI is InChI=1S/C16H13BrN4O3/c1-24-14-8-4-12(5-9-14)15-16(17)20(19-18-15)10-11-2-6-13(7-3-11)21(22)23/h2-9H,10H2,1H3. The van der Waals surface area contributed by atoms with E-state index in [1.54, 1.807) is 23.9 Å². The molecule has 0 bridgehead atoms. The largest absolute Gasteiger partial charge is 0.497 e. The van der Waals surface area contributed by atoms with Gasteiger partial charge in [-0.2, -0.15) is 0 Å². The minimum absolute atomic E-state index is 0.0651. The summed E-state index contributed by atoms with van der Waals surface area (Å²) in [6.07, 6.45) is 0. The molecule has 0 fully saturated rings. The van der Waals surface area contributed by atoms with Crippen LogP contribution < -0.4 is 4.74 Å². The quantitative estimate of drug-likeness (QED) is 0.491. The van der Waals surface area contributed by atoms with Gasteiger partial charge in [-0.1, -0.05) is 17.3 Å². The van der Waals surface area contributed by atoms with E-state index < -0.39 is 4.92 Å². The Balaban J connectivity index is 1.82.